The van der Waals surface area contributed by atoms with Crippen molar-refractivity contribution in [1.82, 2.24) is 24.1 Å². The Morgan fingerprint density at radius 3 is 1.41 bits per heavy atom. The van der Waals surface area contributed by atoms with Gasteiger partial charge >= 0.3 is 0 Å². The highest BCUT2D eigenvalue weighted by atomic mass is 16.3. The van der Waals surface area contributed by atoms with Crippen LogP contribution in [0.15, 0.2) is 217 Å². The Bertz CT molecular complexity index is 3890. The van der Waals surface area contributed by atoms with E-state index in [1.54, 1.807) is 0 Å². The molecule has 0 bridgehead atoms. The van der Waals surface area contributed by atoms with Gasteiger partial charge in [0.1, 0.15) is 5.52 Å². The van der Waals surface area contributed by atoms with Crippen LogP contribution in [0.4, 0.5) is 0 Å². The predicted octanol–water partition coefficient (Wildman–Crippen LogP) is 14.6. The Hall–Kier alpha value is -8.61. The summed E-state index contributed by atoms with van der Waals surface area (Å²) in [6.07, 6.45) is 0. The average molecular weight is 806 g/mol. The van der Waals surface area contributed by atoms with Crippen molar-refractivity contribution >= 4 is 65.6 Å². The topological polar surface area (TPSA) is 61.7 Å². The van der Waals surface area contributed by atoms with E-state index in [2.05, 4.69) is 203 Å². The fraction of sp³-hybridized carbons (Fsp3) is 0. The Morgan fingerprint density at radius 2 is 0.762 bits per heavy atom. The molecule has 13 rings (SSSR count). The van der Waals surface area contributed by atoms with Gasteiger partial charge in [-0.05, 0) is 58.7 Å². The third-order valence-corrected chi connectivity index (χ3v) is 12.4. The zero-order valence-electron chi connectivity index (χ0n) is 33.9. The van der Waals surface area contributed by atoms with Crippen LogP contribution in [0.5, 0.6) is 0 Å². The second kappa shape index (κ2) is 14.0. The summed E-state index contributed by atoms with van der Waals surface area (Å²) in [5, 5.41) is 6.52. The van der Waals surface area contributed by atoms with Crippen molar-refractivity contribution in [2.45, 2.75) is 0 Å². The van der Waals surface area contributed by atoms with Gasteiger partial charge in [-0.25, -0.2) is 4.98 Å². The zero-order valence-corrected chi connectivity index (χ0v) is 33.9. The van der Waals surface area contributed by atoms with Crippen LogP contribution >= 0.6 is 0 Å². The van der Waals surface area contributed by atoms with Crippen molar-refractivity contribution in [2.24, 2.45) is 0 Å². The third kappa shape index (κ3) is 5.48. The fourth-order valence-electron chi connectivity index (χ4n) is 9.54. The van der Waals surface area contributed by atoms with Crippen molar-refractivity contribution in [3.63, 3.8) is 0 Å². The van der Waals surface area contributed by atoms with Gasteiger partial charge in [0, 0.05) is 49.1 Å². The number of hydrogen-bond acceptors (Lipinski definition) is 4. The minimum Gasteiger partial charge on any atom is -0.452 e. The normalized spacial score (nSPS) is 11.8. The molecule has 4 aromatic heterocycles. The summed E-state index contributed by atoms with van der Waals surface area (Å²) >= 11 is 0. The van der Waals surface area contributed by atoms with Crippen LogP contribution in [0.25, 0.3) is 122 Å². The monoisotopic (exact) mass is 805 g/mol. The van der Waals surface area contributed by atoms with E-state index in [0.717, 1.165) is 99.2 Å². The number of rotatable bonds is 6. The maximum Gasteiger partial charge on any atom is 0.238 e. The zero-order chi connectivity index (χ0) is 41.4. The fourth-order valence-corrected chi connectivity index (χ4v) is 9.54. The molecule has 13 aromatic rings. The van der Waals surface area contributed by atoms with Crippen molar-refractivity contribution in [3.05, 3.63) is 212 Å². The molecule has 0 saturated carbocycles. The number of hydrogen-bond donors (Lipinski definition) is 0. The molecule has 0 aliphatic carbocycles. The molecule has 0 spiro atoms. The van der Waals surface area contributed by atoms with E-state index in [-0.39, 0.29) is 0 Å². The third-order valence-electron chi connectivity index (χ3n) is 12.4. The van der Waals surface area contributed by atoms with E-state index < -0.39 is 0 Å². The largest absolute Gasteiger partial charge is 0.452 e. The second-order valence-corrected chi connectivity index (χ2v) is 16.0. The predicted molar refractivity (Wildman–Crippen MR) is 258 cm³/mol. The summed E-state index contributed by atoms with van der Waals surface area (Å²) in [4.78, 5) is 16.0. The van der Waals surface area contributed by atoms with Crippen LogP contribution < -0.4 is 0 Å². The van der Waals surface area contributed by atoms with Gasteiger partial charge in [0.05, 0.1) is 16.6 Å². The minimum absolute atomic E-state index is 0.507. The highest BCUT2D eigenvalue weighted by Crippen LogP contribution is 2.44. The molecule has 63 heavy (non-hydrogen) atoms. The lowest BCUT2D eigenvalue weighted by atomic mass is 9.99. The van der Waals surface area contributed by atoms with Gasteiger partial charge in [0.2, 0.25) is 5.95 Å². The lowest BCUT2D eigenvalue weighted by Gasteiger charge is -2.13. The molecule has 0 aliphatic heterocycles. The molecule has 0 unspecified atom stereocenters. The van der Waals surface area contributed by atoms with Gasteiger partial charge in [0.25, 0.3) is 0 Å². The standard InChI is InChI=1S/C57H35N5O/c1-4-16-36(17-5-1)37-28-30-39(31-29-37)55-58-56(48-25-11-10-22-41(48)38-18-6-2-7-19-38)60-57(59-55)62-50-27-15-13-24-43(50)45-33-35-47-46-34-32-44-42-23-12-14-26-49(42)61(40-20-8-3-9-21-40)51(44)53(46)63-54(47)52(45)62/h1-35H. The number of furan rings is 1. The summed E-state index contributed by atoms with van der Waals surface area (Å²) in [5.41, 5.74) is 12.9. The van der Waals surface area contributed by atoms with Gasteiger partial charge in [-0.1, -0.05) is 176 Å². The number of benzene rings is 9. The molecule has 0 N–H and O–H groups in total. The number of nitrogens with zero attached hydrogens (tertiary/aromatic N) is 5. The first-order valence-electron chi connectivity index (χ1n) is 21.2. The summed E-state index contributed by atoms with van der Waals surface area (Å²) in [5.74, 6) is 1.67. The first-order valence-corrected chi connectivity index (χ1v) is 21.2. The first kappa shape index (κ1) is 35.2. The van der Waals surface area contributed by atoms with Crippen molar-refractivity contribution < 1.29 is 4.42 Å². The molecule has 0 radical (unpaired) electrons. The minimum atomic E-state index is 0.507. The number of fused-ring (bicyclic) bond motifs is 11. The smallest absolute Gasteiger partial charge is 0.238 e. The molecule has 0 aliphatic rings. The van der Waals surface area contributed by atoms with Crippen LogP contribution in [0.1, 0.15) is 0 Å². The van der Waals surface area contributed by atoms with Gasteiger partial charge in [-0.15, -0.1) is 0 Å². The highest BCUT2D eigenvalue weighted by Gasteiger charge is 2.25. The molecule has 0 fully saturated rings. The maximum atomic E-state index is 7.31. The SMILES string of the molecule is c1ccc(-c2ccc(-c3nc(-c4ccccc4-c4ccccc4)nc(-n4c5ccccc5c5ccc6c7ccc8c9ccccc9n(-c9ccccc9)c8c7oc6c54)n3)cc2)cc1. The van der Waals surface area contributed by atoms with Gasteiger partial charge < -0.3 is 8.98 Å². The molecule has 0 amide bonds. The summed E-state index contributed by atoms with van der Waals surface area (Å²) in [6, 6.07) is 74.2. The van der Waals surface area contributed by atoms with Gasteiger partial charge in [-0.3, -0.25) is 4.57 Å². The summed E-state index contributed by atoms with van der Waals surface area (Å²) < 4.78 is 11.8. The lowest BCUT2D eigenvalue weighted by molar-refractivity contribution is 0.673. The van der Waals surface area contributed by atoms with Crippen LogP contribution in [0.2, 0.25) is 0 Å². The maximum absolute atomic E-state index is 7.31. The summed E-state index contributed by atoms with van der Waals surface area (Å²) in [7, 11) is 0. The Labute approximate surface area is 361 Å². The molecule has 0 atom stereocenters. The Morgan fingerprint density at radius 1 is 0.302 bits per heavy atom. The van der Waals surface area contributed by atoms with Crippen LogP contribution in [0.3, 0.4) is 0 Å². The van der Waals surface area contributed by atoms with Crippen molar-refractivity contribution in [3.8, 4) is 56.7 Å². The van der Waals surface area contributed by atoms with Crippen LogP contribution in [0, 0.1) is 0 Å². The van der Waals surface area contributed by atoms with E-state index in [9.17, 15) is 0 Å². The molecule has 6 heteroatoms. The molecular weight excluding hydrogens is 771 g/mol. The van der Waals surface area contributed by atoms with Crippen molar-refractivity contribution in [2.75, 3.05) is 0 Å². The quantitative estimate of drug-likeness (QED) is 0.168. The summed E-state index contributed by atoms with van der Waals surface area (Å²) in [6.45, 7) is 0. The molecule has 4 heterocycles. The number of aromatic nitrogens is 5. The average Bonchev–Trinajstić information content (AvgIpc) is 4.03. The van der Waals surface area contributed by atoms with Gasteiger partial charge in [0.15, 0.2) is 22.8 Å². The van der Waals surface area contributed by atoms with Crippen LogP contribution in [-0.4, -0.2) is 24.1 Å². The Kier molecular flexibility index (Phi) is 7.80. The molecule has 9 aromatic carbocycles. The number of para-hydroxylation sites is 3. The van der Waals surface area contributed by atoms with Crippen LogP contribution in [-0.2, 0) is 0 Å². The lowest BCUT2D eigenvalue weighted by Crippen LogP contribution is -2.07. The molecular formula is C57H35N5O. The molecule has 6 nitrogen and oxygen atoms in total. The van der Waals surface area contributed by atoms with E-state index in [0.29, 0.717) is 17.6 Å². The van der Waals surface area contributed by atoms with Crippen molar-refractivity contribution in [1.29, 1.82) is 0 Å². The van der Waals surface area contributed by atoms with E-state index in [1.807, 2.05) is 18.2 Å². The Balaban J connectivity index is 1.11. The molecule has 0 saturated heterocycles. The highest BCUT2D eigenvalue weighted by molar-refractivity contribution is 6.26. The van der Waals surface area contributed by atoms with E-state index >= 15 is 0 Å². The second-order valence-electron chi connectivity index (χ2n) is 16.0. The van der Waals surface area contributed by atoms with E-state index in [4.69, 9.17) is 19.4 Å². The van der Waals surface area contributed by atoms with E-state index in [1.165, 1.54) is 5.39 Å². The first-order chi connectivity index (χ1) is 31.3. The van der Waals surface area contributed by atoms with Gasteiger partial charge in [-0.2, -0.15) is 9.97 Å². The molecule has 294 valence electrons.